The molecule has 0 fully saturated rings. The first kappa shape index (κ1) is 26.6. The van der Waals surface area contributed by atoms with E-state index < -0.39 is 5.41 Å². The molecule has 41 heavy (non-hydrogen) atoms. The van der Waals surface area contributed by atoms with Gasteiger partial charge >= 0.3 is 21.1 Å². The van der Waals surface area contributed by atoms with Crippen LogP contribution in [0.25, 0.3) is 28.1 Å². The molecule has 5 heteroatoms. The zero-order valence-corrected chi connectivity index (χ0v) is 24.2. The molecule has 0 saturated heterocycles. The number of fused-ring (bicyclic) bond motifs is 1. The maximum absolute atomic E-state index is 5.31. The zero-order valence-electron chi connectivity index (χ0n) is 22.0. The minimum absolute atomic E-state index is 0. The van der Waals surface area contributed by atoms with Crippen molar-refractivity contribution >= 4 is 11.0 Å². The monoisotopic (exact) mass is 707 g/mol. The Hall–Kier alpha value is -4.66. The first-order valence-electron chi connectivity index (χ1n) is 13.2. The van der Waals surface area contributed by atoms with E-state index in [9.17, 15) is 0 Å². The van der Waals surface area contributed by atoms with Crippen molar-refractivity contribution in [1.82, 2.24) is 19.5 Å². The van der Waals surface area contributed by atoms with Crippen molar-refractivity contribution in [3.8, 4) is 17.1 Å². The molecule has 0 radical (unpaired) electrons. The maximum Gasteiger partial charge on any atom is 2.00 e. The van der Waals surface area contributed by atoms with Gasteiger partial charge < -0.3 is 9.55 Å². The number of benzene rings is 4. The Balaban J connectivity index is 0.00000302. The third kappa shape index (κ3) is 4.71. The van der Waals surface area contributed by atoms with Crippen LogP contribution in [-0.4, -0.2) is 19.5 Å². The minimum atomic E-state index is -0.792. The molecule has 3 aromatic heterocycles. The minimum Gasteiger partial charge on any atom is -0.411 e. The number of para-hydroxylation sites is 2. The number of aromatic nitrogens is 4. The summed E-state index contributed by atoms with van der Waals surface area (Å²) in [4.78, 5) is 15.1. The van der Waals surface area contributed by atoms with E-state index in [2.05, 4.69) is 90.2 Å². The summed E-state index contributed by atoms with van der Waals surface area (Å²) in [6.07, 6.45) is 3.14. The molecule has 0 unspecified atom stereocenters. The summed E-state index contributed by atoms with van der Waals surface area (Å²) in [6.45, 7) is 0. The number of pyridine rings is 2. The molecule has 0 atom stereocenters. The first-order valence-corrected chi connectivity index (χ1v) is 13.2. The second-order valence-electron chi connectivity index (χ2n) is 9.58. The van der Waals surface area contributed by atoms with E-state index >= 15 is 0 Å². The molecule has 7 aromatic rings. The summed E-state index contributed by atoms with van der Waals surface area (Å²) in [6, 6.07) is 52.6. The van der Waals surface area contributed by atoms with Gasteiger partial charge in [0, 0.05) is 6.33 Å². The Morgan fingerprint density at radius 1 is 0.561 bits per heavy atom. The molecule has 0 bridgehead atoms. The summed E-state index contributed by atoms with van der Waals surface area (Å²) < 4.78 is 1.92. The fourth-order valence-corrected chi connectivity index (χ4v) is 5.45. The Bertz CT molecular complexity index is 1860. The fourth-order valence-electron chi connectivity index (χ4n) is 5.45. The zero-order chi connectivity index (χ0) is 26.8. The molecule has 0 aliphatic carbocycles. The quantitative estimate of drug-likeness (QED) is 0.169. The second-order valence-corrected chi connectivity index (χ2v) is 9.58. The third-order valence-electron chi connectivity index (χ3n) is 7.27. The van der Waals surface area contributed by atoms with Crippen LogP contribution in [0, 0.1) is 12.4 Å². The molecule has 4 aromatic carbocycles. The Labute approximate surface area is 253 Å². The molecule has 0 aliphatic rings. The SMILES string of the molecule is [Pt+2].[c-]1ccccc1-c1cccc(C(c2ccccc2)(c2ccccc2)c2cccc(-n3[c-]nc4ccccc43)n2)n1. The van der Waals surface area contributed by atoms with Gasteiger partial charge in [-0.05, 0) is 34.5 Å². The summed E-state index contributed by atoms with van der Waals surface area (Å²) >= 11 is 0. The summed E-state index contributed by atoms with van der Waals surface area (Å²) in [5.41, 5.74) is 6.73. The largest absolute Gasteiger partial charge is 2.00 e. The predicted molar refractivity (Wildman–Crippen MR) is 158 cm³/mol. The van der Waals surface area contributed by atoms with Gasteiger partial charge in [0.15, 0.2) is 0 Å². The van der Waals surface area contributed by atoms with E-state index in [0.29, 0.717) is 0 Å². The molecule has 0 aliphatic heterocycles. The molecule has 0 amide bonds. The number of hydrogen-bond acceptors (Lipinski definition) is 3. The summed E-state index contributed by atoms with van der Waals surface area (Å²) in [7, 11) is 0. The van der Waals surface area contributed by atoms with E-state index in [4.69, 9.17) is 9.97 Å². The van der Waals surface area contributed by atoms with Gasteiger partial charge in [0.25, 0.3) is 0 Å². The Kier molecular flexibility index (Phi) is 7.41. The molecular weight excluding hydrogens is 684 g/mol. The van der Waals surface area contributed by atoms with Crippen molar-refractivity contribution in [1.29, 1.82) is 0 Å². The standard InChI is InChI=1S/C36H24N4.Pt/c1-4-14-27(15-5-1)30-21-12-23-33(38-30)36(28-16-6-2-7-17-28,29-18-8-3-9-19-29)34-24-13-25-35(39-34)40-26-37-31-20-10-11-22-32(31)40;/h1-14,16-25H;/q-2;+2. The van der Waals surface area contributed by atoms with Crippen LogP contribution in [0.3, 0.4) is 0 Å². The average Bonchev–Trinajstić information content (AvgIpc) is 3.48. The molecule has 0 N–H and O–H groups in total. The van der Waals surface area contributed by atoms with Crippen LogP contribution >= 0.6 is 0 Å². The molecule has 7 rings (SSSR count). The number of imidazole rings is 1. The van der Waals surface area contributed by atoms with Crippen LogP contribution in [0.5, 0.6) is 0 Å². The van der Waals surface area contributed by atoms with Gasteiger partial charge in [-0.25, -0.2) is 0 Å². The van der Waals surface area contributed by atoms with E-state index in [1.807, 2.05) is 77.4 Å². The van der Waals surface area contributed by atoms with Crippen LogP contribution in [0.2, 0.25) is 0 Å². The van der Waals surface area contributed by atoms with Crippen LogP contribution < -0.4 is 0 Å². The van der Waals surface area contributed by atoms with Crippen LogP contribution in [0.1, 0.15) is 22.5 Å². The van der Waals surface area contributed by atoms with Gasteiger partial charge in [-0.3, -0.25) is 9.97 Å². The number of hydrogen-bond donors (Lipinski definition) is 0. The normalized spacial score (nSPS) is 11.2. The smallest absolute Gasteiger partial charge is 0.411 e. The summed E-state index contributed by atoms with van der Waals surface area (Å²) in [5.74, 6) is 0.745. The maximum atomic E-state index is 5.31. The molecule has 4 nitrogen and oxygen atoms in total. The first-order chi connectivity index (χ1) is 19.8. The summed E-state index contributed by atoms with van der Waals surface area (Å²) in [5, 5.41) is 0. The van der Waals surface area contributed by atoms with Crippen molar-refractivity contribution in [2.75, 3.05) is 0 Å². The average molecular weight is 708 g/mol. The van der Waals surface area contributed by atoms with Gasteiger partial charge in [0.2, 0.25) is 0 Å². The number of nitrogens with zero attached hydrogens (tertiary/aromatic N) is 4. The van der Waals surface area contributed by atoms with E-state index in [0.717, 1.165) is 50.6 Å². The van der Waals surface area contributed by atoms with E-state index in [1.54, 1.807) is 0 Å². The Morgan fingerprint density at radius 3 is 1.90 bits per heavy atom. The van der Waals surface area contributed by atoms with Gasteiger partial charge in [0.1, 0.15) is 5.41 Å². The van der Waals surface area contributed by atoms with Gasteiger partial charge in [-0.1, -0.05) is 115 Å². The van der Waals surface area contributed by atoms with Crippen LogP contribution in [0.15, 0.2) is 146 Å². The van der Waals surface area contributed by atoms with Crippen molar-refractivity contribution in [2.45, 2.75) is 5.41 Å². The van der Waals surface area contributed by atoms with Crippen molar-refractivity contribution < 1.29 is 21.1 Å². The topological polar surface area (TPSA) is 43.6 Å². The van der Waals surface area contributed by atoms with Crippen molar-refractivity contribution in [2.24, 2.45) is 0 Å². The van der Waals surface area contributed by atoms with Crippen LogP contribution in [-0.2, 0) is 26.5 Å². The van der Waals surface area contributed by atoms with Gasteiger partial charge in [0.05, 0.1) is 17.2 Å². The van der Waals surface area contributed by atoms with Gasteiger partial charge in [-0.2, -0.15) is 0 Å². The van der Waals surface area contributed by atoms with E-state index in [-0.39, 0.29) is 21.1 Å². The molecule has 3 heterocycles. The Morgan fingerprint density at radius 2 is 1.20 bits per heavy atom. The molecule has 0 saturated carbocycles. The molecule has 0 spiro atoms. The van der Waals surface area contributed by atoms with Crippen molar-refractivity contribution in [3.05, 3.63) is 181 Å². The van der Waals surface area contributed by atoms with E-state index in [1.165, 1.54) is 0 Å². The van der Waals surface area contributed by atoms with Crippen molar-refractivity contribution in [3.63, 3.8) is 0 Å². The van der Waals surface area contributed by atoms with Gasteiger partial charge in [-0.15, -0.1) is 35.9 Å². The second kappa shape index (κ2) is 11.4. The van der Waals surface area contributed by atoms with Crippen LogP contribution in [0.4, 0.5) is 0 Å². The molecular formula is C36H24N4Pt. The fraction of sp³-hybridized carbons (Fsp3) is 0.0278. The predicted octanol–water partition coefficient (Wildman–Crippen LogP) is 7.46. The molecule has 198 valence electrons. The third-order valence-corrected chi connectivity index (χ3v) is 7.27. The number of rotatable bonds is 6.